The van der Waals surface area contributed by atoms with Crippen molar-refractivity contribution in [3.05, 3.63) is 38.4 Å². The number of methoxy groups -OCH3 is 1. The zero-order valence-electron chi connectivity index (χ0n) is 17.9. The maximum atomic E-state index is 11.6. The van der Waals surface area contributed by atoms with Crippen molar-refractivity contribution in [2.75, 3.05) is 13.7 Å². The third kappa shape index (κ3) is 5.65. The maximum absolute atomic E-state index is 11.6. The van der Waals surface area contributed by atoms with E-state index in [1.165, 1.54) is 19.4 Å². The van der Waals surface area contributed by atoms with Crippen LogP contribution in [-0.2, 0) is 0 Å². The number of ether oxygens (including phenoxy) is 2. The highest BCUT2D eigenvalue weighted by Gasteiger charge is 2.22. The van der Waals surface area contributed by atoms with Crippen molar-refractivity contribution in [3.8, 4) is 11.5 Å². The highest BCUT2D eigenvalue weighted by atomic mass is 32.1. The molecule has 0 fully saturated rings. The largest absolute Gasteiger partial charge is 0.493 e. The summed E-state index contributed by atoms with van der Waals surface area (Å²) >= 11 is 5.29. The SMILES string of the molecule is CCCCCOc1c(OC)cc(/C=N\n2c(C(CC)CC)n[nH]c2=S)cc1[N+](=O)[O-]. The number of aromatic nitrogens is 3. The molecule has 1 aromatic carbocycles. The summed E-state index contributed by atoms with van der Waals surface area (Å²) < 4.78 is 13.0. The Hall–Kier alpha value is -2.75. The summed E-state index contributed by atoms with van der Waals surface area (Å²) in [6.45, 7) is 6.63. The Balaban J connectivity index is 2.39. The lowest BCUT2D eigenvalue weighted by molar-refractivity contribution is -0.386. The number of nitrogens with one attached hydrogen (secondary N) is 1. The standard InChI is InChI=1S/C20H29N5O4S/c1-5-8-9-10-29-18-16(25(26)27)11-14(12-17(18)28-4)13-21-24-19(15(6-2)7-3)22-23-20(24)30/h11-13,15H,5-10H2,1-4H3,(H,23,30)/b21-13-. The minimum Gasteiger partial charge on any atom is -0.493 e. The smallest absolute Gasteiger partial charge is 0.315 e. The molecule has 0 amide bonds. The molecule has 2 aromatic rings. The molecule has 9 nitrogen and oxygen atoms in total. The van der Waals surface area contributed by atoms with Crippen LogP contribution in [0.15, 0.2) is 17.2 Å². The number of nitro benzene ring substituents is 1. The Bertz CT molecular complexity index is 934. The fraction of sp³-hybridized carbons (Fsp3) is 0.550. The second kappa shape index (κ2) is 11.4. The van der Waals surface area contributed by atoms with Crippen molar-refractivity contribution >= 4 is 24.1 Å². The molecule has 0 aliphatic rings. The fourth-order valence-corrected chi connectivity index (χ4v) is 3.29. The molecule has 0 aliphatic carbocycles. The van der Waals surface area contributed by atoms with Crippen LogP contribution in [0.25, 0.3) is 0 Å². The van der Waals surface area contributed by atoms with Gasteiger partial charge in [-0.1, -0.05) is 33.6 Å². The Morgan fingerprint density at radius 2 is 2.07 bits per heavy atom. The minimum absolute atomic E-state index is 0.133. The maximum Gasteiger partial charge on any atom is 0.315 e. The van der Waals surface area contributed by atoms with E-state index in [1.54, 1.807) is 10.7 Å². The lowest BCUT2D eigenvalue weighted by Gasteiger charge is -2.12. The van der Waals surface area contributed by atoms with Gasteiger partial charge in [0, 0.05) is 17.5 Å². The number of hydrogen-bond acceptors (Lipinski definition) is 7. The first-order valence-corrected chi connectivity index (χ1v) is 10.6. The van der Waals surface area contributed by atoms with Gasteiger partial charge in [0.2, 0.25) is 10.5 Å². The topological polar surface area (TPSA) is 108 Å². The predicted molar refractivity (Wildman–Crippen MR) is 118 cm³/mol. The molecule has 0 unspecified atom stereocenters. The zero-order chi connectivity index (χ0) is 22.1. The van der Waals surface area contributed by atoms with Gasteiger partial charge in [-0.3, -0.25) is 15.2 Å². The zero-order valence-corrected chi connectivity index (χ0v) is 18.7. The normalized spacial score (nSPS) is 11.4. The average Bonchev–Trinajstić information content (AvgIpc) is 3.10. The van der Waals surface area contributed by atoms with Gasteiger partial charge in [0.15, 0.2) is 11.6 Å². The van der Waals surface area contributed by atoms with Gasteiger partial charge < -0.3 is 9.47 Å². The van der Waals surface area contributed by atoms with Crippen LogP contribution in [0.5, 0.6) is 11.5 Å². The van der Waals surface area contributed by atoms with E-state index < -0.39 is 4.92 Å². The molecule has 1 aromatic heterocycles. The second-order valence-corrected chi connectivity index (χ2v) is 7.23. The van der Waals surface area contributed by atoms with Crippen LogP contribution >= 0.6 is 12.2 Å². The Morgan fingerprint density at radius 1 is 1.33 bits per heavy atom. The van der Waals surface area contributed by atoms with Crippen LogP contribution in [0.2, 0.25) is 0 Å². The third-order valence-electron chi connectivity index (χ3n) is 4.82. The van der Waals surface area contributed by atoms with E-state index in [1.807, 2.05) is 0 Å². The molecule has 0 saturated carbocycles. The third-order valence-corrected chi connectivity index (χ3v) is 5.08. The van der Waals surface area contributed by atoms with Gasteiger partial charge in [-0.2, -0.15) is 14.9 Å². The first-order chi connectivity index (χ1) is 14.5. The fourth-order valence-electron chi connectivity index (χ4n) is 3.10. The number of nitro groups is 1. The molecule has 10 heteroatoms. The summed E-state index contributed by atoms with van der Waals surface area (Å²) in [5, 5.41) is 23.1. The van der Waals surface area contributed by atoms with E-state index in [-0.39, 0.29) is 23.1 Å². The van der Waals surface area contributed by atoms with Gasteiger partial charge >= 0.3 is 5.69 Å². The number of H-pyrrole nitrogens is 1. The van der Waals surface area contributed by atoms with Crippen molar-refractivity contribution < 1.29 is 14.4 Å². The monoisotopic (exact) mass is 435 g/mol. The molecule has 0 radical (unpaired) electrons. The van der Waals surface area contributed by atoms with Crippen molar-refractivity contribution in [2.24, 2.45) is 5.10 Å². The summed E-state index contributed by atoms with van der Waals surface area (Å²) in [5.41, 5.74) is 0.335. The van der Waals surface area contributed by atoms with Gasteiger partial charge in [0.25, 0.3) is 0 Å². The summed E-state index contributed by atoms with van der Waals surface area (Å²) in [6.07, 6.45) is 6.15. The minimum atomic E-state index is -0.478. The number of nitrogens with zero attached hydrogens (tertiary/aromatic N) is 4. The molecule has 0 atom stereocenters. The van der Waals surface area contributed by atoms with Gasteiger partial charge in [-0.05, 0) is 37.5 Å². The van der Waals surface area contributed by atoms with E-state index in [2.05, 4.69) is 36.1 Å². The van der Waals surface area contributed by atoms with Crippen LogP contribution in [-0.4, -0.2) is 39.7 Å². The van der Waals surface area contributed by atoms with Crippen LogP contribution in [0.3, 0.4) is 0 Å². The molecular formula is C20H29N5O4S. The molecule has 30 heavy (non-hydrogen) atoms. The van der Waals surface area contributed by atoms with Crippen LogP contribution in [0, 0.1) is 14.9 Å². The molecule has 0 aliphatic heterocycles. The van der Waals surface area contributed by atoms with Crippen molar-refractivity contribution in [1.82, 2.24) is 14.9 Å². The van der Waals surface area contributed by atoms with E-state index in [0.717, 1.165) is 37.9 Å². The number of aromatic amines is 1. The summed E-state index contributed by atoms with van der Waals surface area (Å²) in [5.74, 6) is 1.36. The van der Waals surface area contributed by atoms with Crippen LogP contribution in [0.4, 0.5) is 5.69 Å². The van der Waals surface area contributed by atoms with E-state index >= 15 is 0 Å². The van der Waals surface area contributed by atoms with Crippen molar-refractivity contribution in [1.29, 1.82) is 0 Å². The number of unbranched alkanes of at least 4 members (excludes halogenated alkanes) is 2. The molecule has 1 N–H and O–H groups in total. The van der Waals surface area contributed by atoms with Crippen LogP contribution in [0.1, 0.15) is 70.2 Å². The quantitative estimate of drug-likeness (QED) is 0.161. The lowest BCUT2D eigenvalue weighted by atomic mass is 10.0. The Kier molecular flexibility index (Phi) is 8.97. The van der Waals surface area contributed by atoms with Gasteiger partial charge in [0.1, 0.15) is 0 Å². The van der Waals surface area contributed by atoms with Crippen molar-refractivity contribution in [2.45, 2.75) is 58.8 Å². The summed E-state index contributed by atoms with van der Waals surface area (Å²) in [6, 6.07) is 3.08. The Labute approximate surface area is 181 Å². The van der Waals surface area contributed by atoms with Gasteiger partial charge in [0.05, 0.1) is 24.9 Å². The number of rotatable bonds is 12. The summed E-state index contributed by atoms with van der Waals surface area (Å²) in [7, 11) is 1.45. The molecule has 0 spiro atoms. The predicted octanol–water partition coefficient (Wildman–Crippen LogP) is 5.21. The Morgan fingerprint density at radius 3 is 2.67 bits per heavy atom. The lowest BCUT2D eigenvalue weighted by Crippen LogP contribution is -2.06. The van der Waals surface area contributed by atoms with E-state index in [4.69, 9.17) is 21.7 Å². The van der Waals surface area contributed by atoms with Gasteiger partial charge in [-0.15, -0.1) is 0 Å². The highest BCUT2D eigenvalue weighted by molar-refractivity contribution is 7.71. The van der Waals surface area contributed by atoms with E-state index in [0.29, 0.717) is 16.9 Å². The van der Waals surface area contributed by atoms with Crippen LogP contribution < -0.4 is 9.47 Å². The first-order valence-electron chi connectivity index (χ1n) is 10.2. The number of hydrogen-bond donors (Lipinski definition) is 1. The molecule has 0 bridgehead atoms. The molecule has 1 heterocycles. The molecule has 0 saturated heterocycles. The highest BCUT2D eigenvalue weighted by Crippen LogP contribution is 2.38. The van der Waals surface area contributed by atoms with Gasteiger partial charge in [-0.25, -0.2) is 0 Å². The average molecular weight is 436 g/mol. The second-order valence-electron chi connectivity index (χ2n) is 6.84. The molecular weight excluding hydrogens is 406 g/mol. The summed E-state index contributed by atoms with van der Waals surface area (Å²) in [4.78, 5) is 11.1. The van der Waals surface area contributed by atoms with E-state index in [9.17, 15) is 10.1 Å². The molecule has 164 valence electrons. The van der Waals surface area contributed by atoms with Crippen molar-refractivity contribution in [3.63, 3.8) is 0 Å². The number of benzene rings is 1. The molecule has 2 rings (SSSR count). The first kappa shape index (κ1) is 23.5.